The molecule has 0 radical (unpaired) electrons. The highest BCUT2D eigenvalue weighted by Crippen LogP contribution is 2.18. The molecule has 0 amide bonds. The van der Waals surface area contributed by atoms with Crippen molar-refractivity contribution in [1.29, 1.82) is 0 Å². The van der Waals surface area contributed by atoms with Gasteiger partial charge in [0.05, 0.1) is 6.10 Å². The number of hydrogen-bond donors (Lipinski definition) is 1. The van der Waals surface area contributed by atoms with Gasteiger partial charge in [-0.05, 0) is 45.6 Å². The van der Waals surface area contributed by atoms with Crippen molar-refractivity contribution < 1.29 is 4.74 Å². The maximum Gasteiger partial charge on any atom is 0.0575 e. The highest BCUT2D eigenvalue weighted by molar-refractivity contribution is 4.69. The first-order chi connectivity index (χ1) is 6.36. The smallest absolute Gasteiger partial charge is 0.0575 e. The van der Waals surface area contributed by atoms with Crippen LogP contribution < -0.4 is 5.32 Å². The number of hydrogen-bond acceptors (Lipinski definition) is 2. The Balaban J connectivity index is 2.09. The highest BCUT2D eigenvalue weighted by Gasteiger charge is 2.14. The van der Waals surface area contributed by atoms with Crippen LogP contribution in [-0.2, 0) is 4.74 Å². The van der Waals surface area contributed by atoms with Crippen LogP contribution in [0.5, 0.6) is 0 Å². The van der Waals surface area contributed by atoms with E-state index in [0.29, 0.717) is 12.1 Å². The number of ether oxygens (including phenoxy) is 1. The zero-order valence-corrected chi connectivity index (χ0v) is 9.01. The summed E-state index contributed by atoms with van der Waals surface area (Å²) in [5, 5.41) is 3.34. The lowest BCUT2D eigenvalue weighted by Gasteiger charge is -2.24. The average molecular weight is 185 g/mol. The summed E-state index contributed by atoms with van der Waals surface area (Å²) in [6.07, 6.45) is 8.18. The fraction of sp³-hybridized carbons (Fsp3) is 1.00. The fourth-order valence-corrected chi connectivity index (χ4v) is 1.97. The summed E-state index contributed by atoms with van der Waals surface area (Å²) in [6.45, 7) is 3.23. The third-order valence-electron chi connectivity index (χ3n) is 3.01. The Kier molecular flexibility index (Phi) is 5.40. The molecule has 0 aliphatic carbocycles. The predicted molar refractivity (Wildman–Crippen MR) is 56.0 cm³/mol. The number of nitrogens with one attached hydrogen (secondary N) is 1. The van der Waals surface area contributed by atoms with Crippen molar-refractivity contribution in [2.45, 2.75) is 57.6 Å². The van der Waals surface area contributed by atoms with E-state index in [1.807, 2.05) is 0 Å². The molecule has 1 rings (SSSR count). The maximum absolute atomic E-state index is 5.69. The first-order valence-electron chi connectivity index (χ1n) is 5.65. The predicted octanol–water partition coefficient (Wildman–Crippen LogP) is 2.33. The van der Waals surface area contributed by atoms with Gasteiger partial charge in [0.1, 0.15) is 0 Å². The summed E-state index contributed by atoms with van der Waals surface area (Å²) in [4.78, 5) is 0. The molecule has 0 aromatic rings. The van der Waals surface area contributed by atoms with E-state index in [0.717, 1.165) is 6.61 Å². The quantitative estimate of drug-likeness (QED) is 0.710. The molecule has 1 N–H and O–H groups in total. The van der Waals surface area contributed by atoms with Crippen LogP contribution in [0.3, 0.4) is 0 Å². The van der Waals surface area contributed by atoms with Gasteiger partial charge in [-0.2, -0.15) is 0 Å². The summed E-state index contributed by atoms with van der Waals surface area (Å²) in [5.74, 6) is 0. The molecule has 1 aliphatic rings. The Morgan fingerprint density at radius 1 is 1.46 bits per heavy atom. The Morgan fingerprint density at radius 2 is 2.31 bits per heavy atom. The molecule has 1 heterocycles. The molecular formula is C11H23NO. The van der Waals surface area contributed by atoms with Gasteiger partial charge < -0.3 is 10.1 Å². The summed E-state index contributed by atoms with van der Waals surface area (Å²) in [6, 6.07) is 0.686. The third-order valence-corrected chi connectivity index (χ3v) is 3.01. The first-order valence-corrected chi connectivity index (χ1v) is 5.65. The van der Waals surface area contributed by atoms with E-state index in [9.17, 15) is 0 Å². The van der Waals surface area contributed by atoms with Crippen LogP contribution in [0.4, 0.5) is 0 Å². The van der Waals surface area contributed by atoms with Crippen molar-refractivity contribution in [3.63, 3.8) is 0 Å². The van der Waals surface area contributed by atoms with Gasteiger partial charge in [0.15, 0.2) is 0 Å². The van der Waals surface area contributed by atoms with Gasteiger partial charge in [-0.25, -0.2) is 0 Å². The van der Waals surface area contributed by atoms with Gasteiger partial charge in [0, 0.05) is 12.6 Å². The van der Waals surface area contributed by atoms with Crippen LogP contribution >= 0.6 is 0 Å². The highest BCUT2D eigenvalue weighted by atomic mass is 16.5. The van der Waals surface area contributed by atoms with E-state index in [-0.39, 0.29) is 0 Å². The lowest BCUT2D eigenvalue weighted by Crippen LogP contribution is -2.27. The average Bonchev–Trinajstić information content (AvgIpc) is 2.21. The lowest BCUT2D eigenvalue weighted by molar-refractivity contribution is 0.00864. The second-order valence-corrected chi connectivity index (χ2v) is 3.96. The Hall–Kier alpha value is -0.0800. The molecule has 13 heavy (non-hydrogen) atoms. The standard InChI is InChI=1S/C11H23NO/c1-3-10(12-2)7-8-11-6-4-5-9-13-11/h10-12H,3-9H2,1-2H3. The Morgan fingerprint density at radius 3 is 2.85 bits per heavy atom. The molecule has 1 aliphatic heterocycles. The van der Waals surface area contributed by atoms with E-state index in [1.54, 1.807) is 0 Å². The molecule has 0 spiro atoms. The topological polar surface area (TPSA) is 21.3 Å². The summed E-state index contributed by atoms with van der Waals surface area (Å²) in [5.41, 5.74) is 0. The zero-order chi connectivity index (χ0) is 9.52. The molecule has 1 saturated heterocycles. The molecule has 2 nitrogen and oxygen atoms in total. The van der Waals surface area contributed by atoms with Crippen LogP contribution in [0.25, 0.3) is 0 Å². The van der Waals surface area contributed by atoms with Gasteiger partial charge >= 0.3 is 0 Å². The van der Waals surface area contributed by atoms with Gasteiger partial charge in [-0.15, -0.1) is 0 Å². The SMILES string of the molecule is CCC(CCC1CCCCO1)NC. The minimum absolute atomic E-state index is 0.552. The summed E-state index contributed by atoms with van der Waals surface area (Å²) < 4.78 is 5.69. The van der Waals surface area contributed by atoms with Crippen LogP contribution in [0.1, 0.15) is 45.4 Å². The summed E-state index contributed by atoms with van der Waals surface area (Å²) in [7, 11) is 2.05. The molecule has 0 aromatic heterocycles. The first kappa shape index (κ1) is 11.0. The normalized spacial score (nSPS) is 25.8. The van der Waals surface area contributed by atoms with Gasteiger partial charge in [-0.1, -0.05) is 6.92 Å². The zero-order valence-electron chi connectivity index (χ0n) is 9.01. The monoisotopic (exact) mass is 185 g/mol. The number of rotatable bonds is 5. The molecule has 2 unspecified atom stereocenters. The molecule has 78 valence electrons. The van der Waals surface area contributed by atoms with E-state index in [1.165, 1.54) is 38.5 Å². The minimum Gasteiger partial charge on any atom is -0.378 e. The van der Waals surface area contributed by atoms with E-state index in [2.05, 4.69) is 19.3 Å². The van der Waals surface area contributed by atoms with Crippen molar-refractivity contribution in [3.8, 4) is 0 Å². The van der Waals surface area contributed by atoms with Gasteiger partial charge in [0.25, 0.3) is 0 Å². The van der Waals surface area contributed by atoms with Crippen molar-refractivity contribution >= 4 is 0 Å². The van der Waals surface area contributed by atoms with Gasteiger partial charge in [-0.3, -0.25) is 0 Å². The van der Waals surface area contributed by atoms with Crippen molar-refractivity contribution in [1.82, 2.24) is 5.32 Å². The Bertz CT molecular complexity index is 117. The van der Waals surface area contributed by atoms with Crippen LogP contribution in [-0.4, -0.2) is 25.8 Å². The molecule has 0 saturated carbocycles. The molecular weight excluding hydrogens is 162 g/mol. The van der Waals surface area contributed by atoms with Crippen molar-refractivity contribution in [3.05, 3.63) is 0 Å². The van der Waals surface area contributed by atoms with Crippen LogP contribution in [0, 0.1) is 0 Å². The van der Waals surface area contributed by atoms with Crippen LogP contribution in [0.2, 0.25) is 0 Å². The van der Waals surface area contributed by atoms with Crippen LogP contribution in [0.15, 0.2) is 0 Å². The summed E-state index contributed by atoms with van der Waals surface area (Å²) >= 11 is 0. The second-order valence-electron chi connectivity index (χ2n) is 3.96. The van der Waals surface area contributed by atoms with E-state index in [4.69, 9.17) is 4.74 Å². The third kappa shape index (κ3) is 4.10. The van der Waals surface area contributed by atoms with E-state index >= 15 is 0 Å². The van der Waals surface area contributed by atoms with Crippen molar-refractivity contribution in [2.24, 2.45) is 0 Å². The molecule has 0 bridgehead atoms. The lowest BCUT2D eigenvalue weighted by atomic mass is 10.0. The fourth-order valence-electron chi connectivity index (χ4n) is 1.97. The molecule has 2 heteroatoms. The largest absolute Gasteiger partial charge is 0.378 e. The molecule has 1 fully saturated rings. The second kappa shape index (κ2) is 6.39. The Labute approximate surface area is 82.0 Å². The van der Waals surface area contributed by atoms with E-state index < -0.39 is 0 Å². The molecule has 0 aromatic carbocycles. The van der Waals surface area contributed by atoms with Crippen molar-refractivity contribution in [2.75, 3.05) is 13.7 Å². The molecule has 2 atom stereocenters. The minimum atomic E-state index is 0.552. The maximum atomic E-state index is 5.69. The van der Waals surface area contributed by atoms with Gasteiger partial charge in [0.2, 0.25) is 0 Å².